The minimum absolute atomic E-state index is 0.0230. The second-order valence-electron chi connectivity index (χ2n) is 8.40. The van der Waals surface area contributed by atoms with Gasteiger partial charge in [0.05, 0.1) is 10.3 Å². The summed E-state index contributed by atoms with van der Waals surface area (Å²) in [6.07, 6.45) is 2.40. The van der Waals surface area contributed by atoms with Crippen LogP contribution in [0.15, 0.2) is 64.9 Å². The molecule has 3 aromatic rings. The van der Waals surface area contributed by atoms with Gasteiger partial charge in [-0.05, 0) is 73.0 Å². The molecular weight excluding hydrogens is 428 g/mol. The average molecular weight is 453 g/mol. The van der Waals surface area contributed by atoms with Gasteiger partial charge in [-0.2, -0.15) is 4.31 Å². The van der Waals surface area contributed by atoms with Gasteiger partial charge in [0.25, 0.3) is 0 Å². The van der Waals surface area contributed by atoms with Crippen molar-refractivity contribution in [2.24, 2.45) is 0 Å². The maximum absolute atomic E-state index is 13.1. The molecule has 1 amide bonds. The summed E-state index contributed by atoms with van der Waals surface area (Å²) in [6.45, 7) is 2.70. The average Bonchev–Trinajstić information content (AvgIpc) is 3.40. The summed E-state index contributed by atoms with van der Waals surface area (Å²) >= 11 is 1.62. The maximum atomic E-state index is 13.1. The number of carbonyl (C=O) groups is 1. The Morgan fingerprint density at radius 3 is 2.52 bits per heavy atom. The van der Waals surface area contributed by atoms with Crippen LogP contribution in [-0.2, 0) is 33.2 Å². The Hall–Kier alpha value is -2.48. The predicted molar refractivity (Wildman–Crippen MR) is 123 cm³/mol. The zero-order chi connectivity index (χ0) is 21.6. The summed E-state index contributed by atoms with van der Waals surface area (Å²) in [5.74, 6) is 0.0230. The number of hydrogen-bond acceptors (Lipinski definition) is 4. The number of hydrogen-bond donors (Lipinski definition) is 1. The standard InChI is InChI=1S/C24H24N2O3S2/c1-17-4-8-21(9-5-17)31(28,29)26-13-10-18-6-7-20(15-19(18)16-26)25-23(27)24(11-12-24)22-3-2-14-30-22/h2-9,14-15H,10-13,16H2,1H3,(H,25,27). The van der Waals surface area contributed by atoms with Crippen LogP contribution in [0.1, 0.15) is 34.4 Å². The molecule has 1 fully saturated rings. The topological polar surface area (TPSA) is 66.5 Å². The molecule has 7 heteroatoms. The summed E-state index contributed by atoms with van der Waals surface area (Å²) in [7, 11) is -3.55. The molecule has 1 aromatic heterocycles. The summed E-state index contributed by atoms with van der Waals surface area (Å²) in [4.78, 5) is 14.4. The van der Waals surface area contributed by atoms with Gasteiger partial charge in [-0.3, -0.25) is 4.79 Å². The van der Waals surface area contributed by atoms with Gasteiger partial charge in [-0.1, -0.05) is 29.8 Å². The second-order valence-corrected chi connectivity index (χ2v) is 11.3. The SMILES string of the molecule is Cc1ccc(S(=O)(=O)N2CCc3ccc(NC(=O)C4(c5cccs5)CC4)cc3C2)cc1. The Labute approximate surface area is 186 Å². The van der Waals surface area contributed by atoms with E-state index in [0.29, 0.717) is 24.4 Å². The molecule has 0 bridgehead atoms. The van der Waals surface area contributed by atoms with Gasteiger partial charge in [0.15, 0.2) is 0 Å². The number of rotatable bonds is 5. The van der Waals surface area contributed by atoms with Crippen LogP contribution in [0.5, 0.6) is 0 Å². The zero-order valence-electron chi connectivity index (χ0n) is 17.3. The zero-order valence-corrected chi connectivity index (χ0v) is 18.9. The first-order valence-electron chi connectivity index (χ1n) is 10.4. The Morgan fingerprint density at radius 1 is 1.06 bits per heavy atom. The van der Waals surface area contributed by atoms with E-state index >= 15 is 0 Å². The van der Waals surface area contributed by atoms with Crippen molar-refractivity contribution in [2.45, 2.75) is 43.0 Å². The van der Waals surface area contributed by atoms with Crippen molar-refractivity contribution in [3.8, 4) is 0 Å². The minimum Gasteiger partial charge on any atom is -0.325 e. The number of nitrogens with zero attached hydrogens (tertiary/aromatic N) is 1. The van der Waals surface area contributed by atoms with Gasteiger partial charge < -0.3 is 5.32 Å². The van der Waals surface area contributed by atoms with Gasteiger partial charge in [-0.15, -0.1) is 11.3 Å². The lowest BCUT2D eigenvalue weighted by Crippen LogP contribution is -2.36. The Morgan fingerprint density at radius 2 is 1.84 bits per heavy atom. The highest BCUT2D eigenvalue weighted by atomic mass is 32.2. The number of carbonyl (C=O) groups excluding carboxylic acids is 1. The van der Waals surface area contributed by atoms with Crippen molar-refractivity contribution in [2.75, 3.05) is 11.9 Å². The molecule has 0 radical (unpaired) electrons. The van der Waals surface area contributed by atoms with Crippen molar-refractivity contribution < 1.29 is 13.2 Å². The second kappa shape index (κ2) is 7.58. The van der Waals surface area contributed by atoms with E-state index in [9.17, 15) is 13.2 Å². The number of benzene rings is 2. The molecule has 0 spiro atoms. The minimum atomic E-state index is -3.55. The molecule has 1 aliphatic carbocycles. The van der Waals surface area contributed by atoms with Crippen LogP contribution in [0.4, 0.5) is 5.69 Å². The van der Waals surface area contributed by atoms with Crippen molar-refractivity contribution in [1.82, 2.24) is 4.31 Å². The fourth-order valence-corrected chi connectivity index (χ4v) is 6.59. The summed E-state index contributed by atoms with van der Waals surface area (Å²) in [6, 6.07) is 16.8. The van der Waals surface area contributed by atoms with E-state index in [0.717, 1.165) is 40.1 Å². The fraction of sp³-hybridized carbons (Fsp3) is 0.292. The van der Waals surface area contributed by atoms with Crippen LogP contribution in [0, 0.1) is 6.92 Å². The first-order valence-corrected chi connectivity index (χ1v) is 12.7. The molecule has 31 heavy (non-hydrogen) atoms. The Bertz CT molecular complexity index is 1230. The monoisotopic (exact) mass is 452 g/mol. The lowest BCUT2D eigenvalue weighted by atomic mass is 9.99. The summed E-state index contributed by atoms with van der Waals surface area (Å²) in [5, 5.41) is 5.08. The molecule has 0 unspecified atom stereocenters. The maximum Gasteiger partial charge on any atom is 0.243 e. The molecule has 2 aromatic carbocycles. The smallest absolute Gasteiger partial charge is 0.243 e. The van der Waals surface area contributed by atoms with Crippen molar-refractivity contribution >= 4 is 33.0 Å². The van der Waals surface area contributed by atoms with E-state index < -0.39 is 15.4 Å². The van der Waals surface area contributed by atoms with Crippen LogP contribution in [0.3, 0.4) is 0 Å². The van der Waals surface area contributed by atoms with Crippen LogP contribution in [-0.4, -0.2) is 25.2 Å². The third-order valence-corrected chi connectivity index (χ3v) is 9.21. The van der Waals surface area contributed by atoms with E-state index in [1.165, 1.54) is 4.31 Å². The number of thiophene rings is 1. The Balaban J connectivity index is 1.35. The van der Waals surface area contributed by atoms with Crippen LogP contribution >= 0.6 is 11.3 Å². The van der Waals surface area contributed by atoms with Gasteiger partial charge in [0.2, 0.25) is 15.9 Å². The number of fused-ring (bicyclic) bond motifs is 1. The molecule has 2 heterocycles. The molecule has 5 rings (SSSR count). The number of amides is 1. The third kappa shape index (κ3) is 3.71. The molecule has 5 nitrogen and oxygen atoms in total. The quantitative estimate of drug-likeness (QED) is 0.621. The van der Waals surface area contributed by atoms with E-state index in [-0.39, 0.29) is 5.91 Å². The number of nitrogens with one attached hydrogen (secondary N) is 1. The van der Waals surface area contributed by atoms with Gasteiger partial charge in [0.1, 0.15) is 0 Å². The molecule has 0 saturated heterocycles. The predicted octanol–water partition coefficient (Wildman–Crippen LogP) is 4.47. The van der Waals surface area contributed by atoms with E-state index in [1.807, 2.05) is 54.8 Å². The highest BCUT2D eigenvalue weighted by molar-refractivity contribution is 7.89. The van der Waals surface area contributed by atoms with Gasteiger partial charge in [-0.25, -0.2) is 8.42 Å². The summed E-state index contributed by atoms with van der Waals surface area (Å²) in [5.41, 5.74) is 3.43. The van der Waals surface area contributed by atoms with E-state index in [1.54, 1.807) is 23.5 Å². The molecule has 1 aliphatic heterocycles. The van der Waals surface area contributed by atoms with E-state index in [4.69, 9.17) is 0 Å². The lowest BCUT2D eigenvalue weighted by Gasteiger charge is -2.28. The lowest BCUT2D eigenvalue weighted by molar-refractivity contribution is -0.118. The van der Waals surface area contributed by atoms with Crippen molar-refractivity contribution in [3.05, 3.63) is 81.5 Å². The van der Waals surface area contributed by atoms with Crippen LogP contribution in [0.25, 0.3) is 0 Å². The van der Waals surface area contributed by atoms with Crippen LogP contribution < -0.4 is 5.32 Å². The van der Waals surface area contributed by atoms with Crippen LogP contribution in [0.2, 0.25) is 0 Å². The molecule has 1 saturated carbocycles. The first kappa shape index (κ1) is 20.4. The summed E-state index contributed by atoms with van der Waals surface area (Å²) < 4.78 is 27.7. The number of anilines is 1. The molecule has 160 valence electrons. The molecule has 1 N–H and O–H groups in total. The molecule has 0 atom stereocenters. The van der Waals surface area contributed by atoms with E-state index in [2.05, 4.69) is 5.32 Å². The van der Waals surface area contributed by atoms with Crippen molar-refractivity contribution in [3.63, 3.8) is 0 Å². The largest absolute Gasteiger partial charge is 0.325 e. The number of aryl methyl sites for hydroxylation is 1. The highest BCUT2D eigenvalue weighted by Crippen LogP contribution is 2.50. The molecule has 2 aliphatic rings. The Kier molecular flexibility index (Phi) is 5.00. The van der Waals surface area contributed by atoms with Gasteiger partial charge in [0, 0.05) is 23.7 Å². The van der Waals surface area contributed by atoms with Crippen molar-refractivity contribution in [1.29, 1.82) is 0 Å². The fourth-order valence-electron chi connectivity index (χ4n) is 4.19. The third-order valence-electron chi connectivity index (χ3n) is 6.28. The van der Waals surface area contributed by atoms with Gasteiger partial charge >= 0.3 is 0 Å². The highest BCUT2D eigenvalue weighted by Gasteiger charge is 2.52. The first-order chi connectivity index (χ1) is 14.9. The normalized spacial score (nSPS) is 17.7. The number of sulfonamides is 1. The molecular formula is C24H24N2O3S2.